The zero-order valence-electron chi connectivity index (χ0n) is 14.2. The van der Waals surface area contributed by atoms with Gasteiger partial charge in [-0.05, 0) is 18.8 Å². The third-order valence-electron chi connectivity index (χ3n) is 4.81. The Labute approximate surface area is 159 Å². The number of rotatable bonds is 5. The van der Waals surface area contributed by atoms with Crippen molar-refractivity contribution in [3.05, 3.63) is 0 Å². The normalized spacial score (nSPS) is 27.9. The second-order valence-corrected chi connectivity index (χ2v) is 6.62. The molecule has 2 heterocycles. The maximum atomic E-state index is 11.5. The number of nitrogens with one attached hydrogen (secondary N) is 3. The van der Waals surface area contributed by atoms with Crippen LogP contribution in [-0.2, 0) is 4.79 Å². The smallest absolute Gasteiger partial charge is 0.324 e. The van der Waals surface area contributed by atoms with Crippen molar-refractivity contribution < 1.29 is 9.59 Å². The van der Waals surface area contributed by atoms with Crippen LogP contribution in [0.5, 0.6) is 0 Å². The van der Waals surface area contributed by atoms with Crippen molar-refractivity contribution in [1.29, 1.82) is 0 Å². The highest BCUT2D eigenvalue weighted by Crippen LogP contribution is 2.31. The molecule has 0 spiro atoms. The number of likely N-dealkylation sites (tertiary alicyclic amines) is 1. The maximum absolute atomic E-state index is 11.5. The van der Waals surface area contributed by atoms with Crippen LogP contribution in [0, 0.1) is 5.92 Å². The van der Waals surface area contributed by atoms with Gasteiger partial charge in [-0.1, -0.05) is 6.92 Å². The Balaban J connectivity index is 0.00000208. The number of amides is 3. The average Bonchev–Trinajstić information content (AvgIpc) is 3.25. The highest BCUT2D eigenvalue weighted by molar-refractivity contribution is 14.0. The molecule has 2 atom stereocenters. The van der Waals surface area contributed by atoms with E-state index in [-0.39, 0.29) is 42.5 Å². The number of hydrogen-bond donors (Lipinski definition) is 3. The van der Waals surface area contributed by atoms with Crippen molar-refractivity contribution >= 4 is 41.9 Å². The number of urea groups is 1. The fourth-order valence-corrected chi connectivity index (χ4v) is 3.27. The van der Waals surface area contributed by atoms with Crippen LogP contribution in [0.15, 0.2) is 4.99 Å². The van der Waals surface area contributed by atoms with Crippen LogP contribution < -0.4 is 16.0 Å². The number of imide groups is 1. The van der Waals surface area contributed by atoms with Gasteiger partial charge in [-0.3, -0.25) is 19.6 Å². The van der Waals surface area contributed by atoms with Crippen LogP contribution in [0.2, 0.25) is 0 Å². The van der Waals surface area contributed by atoms with E-state index >= 15 is 0 Å². The molecule has 2 saturated heterocycles. The van der Waals surface area contributed by atoms with Gasteiger partial charge in [-0.25, -0.2) is 4.79 Å². The molecule has 0 radical (unpaired) electrons. The molecule has 1 saturated carbocycles. The predicted molar refractivity (Wildman–Crippen MR) is 103 cm³/mol. The minimum atomic E-state index is -0.316. The van der Waals surface area contributed by atoms with Gasteiger partial charge < -0.3 is 16.0 Å². The molecule has 2 unspecified atom stereocenters. The number of guanidine groups is 1. The summed E-state index contributed by atoms with van der Waals surface area (Å²) in [6, 6.07) is 0.863. The second kappa shape index (κ2) is 8.32. The van der Waals surface area contributed by atoms with E-state index in [1.54, 1.807) is 7.05 Å². The van der Waals surface area contributed by atoms with Crippen molar-refractivity contribution in [2.24, 2.45) is 10.9 Å². The zero-order chi connectivity index (χ0) is 16.4. The van der Waals surface area contributed by atoms with Gasteiger partial charge in [-0.15, -0.1) is 24.0 Å². The van der Waals surface area contributed by atoms with Gasteiger partial charge in [-0.2, -0.15) is 0 Å². The Morgan fingerprint density at radius 3 is 2.67 bits per heavy atom. The van der Waals surface area contributed by atoms with E-state index in [0.29, 0.717) is 25.0 Å². The summed E-state index contributed by atoms with van der Waals surface area (Å²) in [4.78, 5) is 31.0. The van der Waals surface area contributed by atoms with Gasteiger partial charge in [0, 0.05) is 45.3 Å². The van der Waals surface area contributed by atoms with Crippen molar-refractivity contribution in [3.8, 4) is 0 Å². The average molecular weight is 450 g/mol. The molecular formula is C15H27IN6O2. The number of aliphatic imine (C=N–C) groups is 1. The third-order valence-corrected chi connectivity index (χ3v) is 4.81. The fourth-order valence-electron chi connectivity index (χ4n) is 3.27. The van der Waals surface area contributed by atoms with Crippen LogP contribution in [-0.4, -0.2) is 79.6 Å². The van der Waals surface area contributed by atoms with E-state index in [4.69, 9.17) is 0 Å². The topological polar surface area (TPSA) is 89.1 Å². The summed E-state index contributed by atoms with van der Waals surface area (Å²) in [6.07, 6.45) is 2.66. The molecule has 1 aliphatic carbocycles. The van der Waals surface area contributed by atoms with Gasteiger partial charge in [0.15, 0.2) is 5.96 Å². The van der Waals surface area contributed by atoms with Crippen LogP contribution in [0.1, 0.15) is 19.8 Å². The molecule has 0 aromatic rings. The molecule has 9 heteroatoms. The number of carbonyl (C=O) groups excluding carboxylic acids is 2. The molecule has 24 heavy (non-hydrogen) atoms. The number of hydrogen-bond acceptors (Lipinski definition) is 4. The standard InChI is InChI=1S/C15H26N6O2.HI/c1-10-8-20(11-3-4-11)9-12(10)19-14(16-2)17-5-6-21-13(22)7-18-15(21)23;/h10-12H,3-9H2,1-2H3,(H,18,23)(H2,16,17,19);1H. The summed E-state index contributed by atoms with van der Waals surface area (Å²) in [7, 11) is 1.74. The number of carbonyl (C=O) groups is 2. The first-order chi connectivity index (χ1) is 11.1. The molecule has 2 aliphatic heterocycles. The lowest BCUT2D eigenvalue weighted by Gasteiger charge is -2.21. The van der Waals surface area contributed by atoms with Crippen molar-refractivity contribution in [3.63, 3.8) is 0 Å². The summed E-state index contributed by atoms with van der Waals surface area (Å²) < 4.78 is 0. The molecule has 3 aliphatic rings. The van der Waals surface area contributed by atoms with Gasteiger partial charge in [0.05, 0.1) is 6.54 Å². The largest absolute Gasteiger partial charge is 0.355 e. The minimum absolute atomic E-state index is 0. The molecule has 8 nitrogen and oxygen atoms in total. The summed E-state index contributed by atoms with van der Waals surface area (Å²) in [5.41, 5.74) is 0. The van der Waals surface area contributed by atoms with Crippen LogP contribution in [0.3, 0.4) is 0 Å². The van der Waals surface area contributed by atoms with Gasteiger partial charge in [0.25, 0.3) is 0 Å². The highest BCUT2D eigenvalue weighted by Gasteiger charge is 2.38. The Hall–Kier alpha value is -1.10. The molecule has 0 aromatic carbocycles. The summed E-state index contributed by atoms with van der Waals surface area (Å²) >= 11 is 0. The van der Waals surface area contributed by atoms with Crippen molar-refractivity contribution in [2.45, 2.75) is 31.8 Å². The lowest BCUT2D eigenvalue weighted by atomic mass is 10.1. The van der Waals surface area contributed by atoms with Crippen molar-refractivity contribution in [1.82, 2.24) is 25.8 Å². The first-order valence-corrected chi connectivity index (χ1v) is 8.38. The molecule has 136 valence electrons. The van der Waals surface area contributed by atoms with E-state index < -0.39 is 0 Å². The quantitative estimate of drug-likeness (QED) is 0.234. The van der Waals surface area contributed by atoms with E-state index in [2.05, 4.69) is 32.8 Å². The lowest BCUT2D eigenvalue weighted by molar-refractivity contribution is -0.124. The third kappa shape index (κ3) is 4.50. The molecule has 3 amide bonds. The van der Waals surface area contributed by atoms with Gasteiger partial charge in [0.1, 0.15) is 0 Å². The Morgan fingerprint density at radius 2 is 2.08 bits per heavy atom. The molecule has 0 bridgehead atoms. The molecule has 3 fully saturated rings. The second-order valence-electron chi connectivity index (χ2n) is 6.62. The molecular weight excluding hydrogens is 423 g/mol. The Kier molecular flexibility index (Phi) is 6.67. The molecule has 3 rings (SSSR count). The van der Waals surface area contributed by atoms with E-state index in [1.807, 2.05) is 0 Å². The maximum Gasteiger partial charge on any atom is 0.324 e. The summed E-state index contributed by atoms with van der Waals surface area (Å²) in [6.45, 7) is 5.40. The minimum Gasteiger partial charge on any atom is -0.355 e. The monoisotopic (exact) mass is 450 g/mol. The number of nitrogens with zero attached hydrogens (tertiary/aromatic N) is 3. The molecule has 0 aromatic heterocycles. The number of halogens is 1. The van der Waals surface area contributed by atoms with E-state index in [1.165, 1.54) is 17.7 Å². The summed E-state index contributed by atoms with van der Waals surface area (Å²) in [5, 5.41) is 9.18. The Morgan fingerprint density at radius 1 is 1.33 bits per heavy atom. The van der Waals surface area contributed by atoms with Crippen LogP contribution >= 0.6 is 24.0 Å². The van der Waals surface area contributed by atoms with E-state index in [0.717, 1.165) is 25.1 Å². The zero-order valence-corrected chi connectivity index (χ0v) is 16.6. The Bertz CT molecular complexity index is 494. The van der Waals surface area contributed by atoms with E-state index in [9.17, 15) is 9.59 Å². The fraction of sp³-hybridized carbons (Fsp3) is 0.800. The van der Waals surface area contributed by atoms with Crippen LogP contribution in [0.4, 0.5) is 4.79 Å². The lowest BCUT2D eigenvalue weighted by Crippen LogP contribution is -2.48. The first kappa shape index (κ1) is 19.2. The van der Waals surface area contributed by atoms with Crippen molar-refractivity contribution in [2.75, 3.05) is 39.8 Å². The van der Waals surface area contributed by atoms with Gasteiger partial charge >= 0.3 is 6.03 Å². The first-order valence-electron chi connectivity index (χ1n) is 8.38. The predicted octanol–water partition coefficient (Wildman–Crippen LogP) is -0.196. The van der Waals surface area contributed by atoms with Gasteiger partial charge in [0.2, 0.25) is 5.91 Å². The highest BCUT2D eigenvalue weighted by atomic mass is 127. The van der Waals surface area contributed by atoms with Crippen LogP contribution in [0.25, 0.3) is 0 Å². The molecule has 3 N–H and O–H groups in total. The SMILES string of the molecule is CN=C(NCCN1C(=O)CNC1=O)NC1CN(C2CC2)CC1C.I. The summed E-state index contributed by atoms with van der Waals surface area (Å²) in [5.74, 6) is 1.14.